The van der Waals surface area contributed by atoms with E-state index in [4.69, 9.17) is 9.73 Å². The standard InChI is InChI=1S/C29H41N5O2/c1-6-10-23-19-34(24-11-8-9-12-24)28(26(7-2)33(4)29(23)35)32-20(3)31-25-14-13-21(17-27(25)36-5)22-15-16-30-18-22/h6-7,13-14,17,22-24,30-31H,1,3,8-12,15-16,18-19H2,2,4-5H3/b26-7+,32-28+. The van der Waals surface area contributed by atoms with Gasteiger partial charge in [0.2, 0.25) is 5.91 Å². The lowest BCUT2D eigenvalue weighted by atomic mass is 9.98. The van der Waals surface area contributed by atoms with E-state index in [1.54, 1.807) is 12.0 Å². The minimum absolute atomic E-state index is 0.105. The molecule has 0 spiro atoms. The van der Waals surface area contributed by atoms with E-state index in [-0.39, 0.29) is 11.8 Å². The molecule has 2 saturated heterocycles. The van der Waals surface area contributed by atoms with Crippen LogP contribution in [0.25, 0.3) is 0 Å². The number of aliphatic imine (C=N–C) groups is 1. The van der Waals surface area contributed by atoms with Crippen LogP contribution in [0.2, 0.25) is 0 Å². The number of likely N-dealkylation sites (N-methyl/N-ethyl adjacent to an activating group) is 1. The second-order valence-corrected chi connectivity index (χ2v) is 10.0. The van der Waals surface area contributed by atoms with Crippen LogP contribution in [0.3, 0.4) is 0 Å². The van der Waals surface area contributed by atoms with Crippen LogP contribution < -0.4 is 15.4 Å². The van der Waals surface area contributed by atoms with E-state index in [0.29, 0.717) is 30.7 Å². The van der Waals surface area contributed by atoms with Crippen LogP contribution in [0.15, 0.2) is 60.0 Å². The number of nitrogens with one attached hydrogen (secondary N) is 2. The maximum atomic E-state index is 13.3. The molecule has 0 aromatic heterocycles. The SMILES string of the molecule is C=CCC1CN(C2CCCC2)C(=N/C(=C)Nc2ccc(C3CCNC3)cc2OC)/C(=C\C)N(C)C1=O. The first-order valence-electron chi connectivity index (χ1n) is 13.2. The third kappa shape index (κ3) is 5.51. The predicted molar refractivity (Wildman–Crippen MR) is 147 cm³/mol. The molecule has 1 aromatic carbocycles. The van der Waals surface area contributed by atoms with Crippen molar-refractivity contribution in [3.8, 4) is 5.75 Å². The van der Waals surface area contributed by atoms with Crippen molar-refractivity contribution in [3.63, 3.8) is 0 Å². The number of ether oxygens (including phenoxy) is 1. The number of nitrogens with zero attached hydrogens (tertiary/aromatic N) is 3. The van der Waals surface area contributed by atoms with E-state index in [0.717, 1.165) is 55.3 Å². The number of amides is 1. The van der Waals surface area contributed by atoms with Crippen LogP contribution in [0.5, 0.6) is 5.75 Å². The van der Waals surface area contributed by atoms with E-state index < -0.39 is 0 Å². The minimum Gasteiger partial charge on any atom is -0.495 e. The lowest BCUT2D eigenvalue weighted by Gasteiger charge is -2.32. The number of allylic oxidation sites excluding steroid dienone is 2. The van der Waals surface area contributed by atoms with Gasteiger partial charge in [-0.15, -0.1) is 6.58 Å². The molecule has 0 bridgehead atoms. The quantitative estimate of drug-likeness (QED) is 0.508. The smallest absolute Gasteiger partial charge is 0.232 e. The molecule has 2 aliphatic heterocycles. The van der Waals surface area contributed by atoms with Crippen LogP contribution in [0, 0.1) is 5.92 Å². The summed E-state index contributed by atoms with van der Waals surface area (Å²) in [6.07, 6.45) is 10.2. The van der Waals surface area contributed by atoms with Crippen LogP contribution in [-0.4, -0.2) is 61.4 Å². The molecule has 1 amide bonds. The first-order valence-corrected chi connectivity index (χ1v) is 13.2. The molecule has 1 saturated carbocycles. The van der Waals surface area contributed by atoms with Gasteiger partial charge in [0.1, 0.15) is 11.6 Å². The lowest BCUT2D eigenvalue weighted by molar-refractivity contribution is -0.131. The molecule has 2 unspecified atom stereocenters. The van der Waals surface area contributed by atoms with E-state index >= 15 is 0 Å². The van der Waals surface area contributed by atoms with Gasteiger partial charge in [-0.05, 0) is 62.8 Å². The number of benzene rings is 1. The van der Waals surface area contributed by atoms with Gasteiger partial charge in [0.25, 0.3) is 0 Å². The Kier molecular flexibility index (Phi) is 8.52. The molecule has 1 aliphatic carbocycles. The Bertz CT molecular complexity index is 1030. The van der Waals surface area contributed by atoms with E-state index in [1.165, 1.54) is 18.4 Å². The summed E-state index contributed by atoms with van der Waals surface area (Å²) in [5.41, 5.74) is 2.93. The van der Waals surface area contributed by atoms with Gasteiger partial charge in [0.05, 0.1) is 24.4 Å². The van der Waals surface area contributed by atoms with Gasteiger partial charge >= 0.3 is 0 Å². The lowest BCUT2D eigenvalue weighted by Crippen LogP contribution is -2.42. The van der Waals surface area contributed by atoms with Crippen LogP contribution in [-0.2, 0) is 4.79 Å². The molecule has 194 valence electrons. The first-order chi connectivity index (χ1) is 17.5. The molecule has 2 N–H and O–H groups in total. The Morgan fingerprint density at radius 2 is 2.08 bits per heavy atom. The molecule has 7 nitrogen and oxygen atoms in total. The normalized spacial score (nSPS) is 25.5. The van der Waals surface area contributed by atoms with Crippen molar-refractivity contribution in [1.29, 1.82) is 0 Å². The summed E-state index contributed by atoms with van der Waals surface area (Å²) >= 11 is 0. The van der Waals surface area contributed by atoms with Gasteiger partial charge in [-0.3, -0.25) is 4.79 Å². The number of carbonyl (C=O) groups excluding carboxylic acids is 1. The summed E-state index contributed by atoms with van der Waals surface area (Å²) < 4.78 is 5.72. The number of anilines is 1. The van der Waals surface area contributed by atoms with E-state index in [9.17, 15) is 4.79 Å². The van der Waals surface area contributed by atoms with E-state index in [2.05, 4.69) is 40.8 Å². The van der Waals surface area contributed by atoms with Gasteiger partial charge < -0.3 is 25.2 Å². The Hall–Kier alpha value is -3.06. The second-order valence-electron chi connectivity index (χ2n) is 10.0. The molecule has 3 aliphatic rings. The van der Waals surface area contributed by atoms with Gasteiger partial charge in [-0.1, -0.05) is 37.6 Å². The molecule has 3 fully saturated rings. The van der Waals surface area contributed by atoms with Crippen molar-refractivity contribution in [3.05, 3.63) is 60.6 Å². The number of amidine groups is 1. The molecule has 7 heteroatoms. The zero-order chi connectivity index (χ0) is 25.7. The Morgan fingerprint density at radius 1 is 1.31 bits per heavy atom. The molecule has 36 heavy (non-hydrogen) atoms. The first kappa shape index (κ1) is 26.0. The third-order valence-electron chi connectivity index (χ3n) is 7.73. The van der Waals surface area contributed by atoms with Gasteiger partial charge in [0, 0.05) is 26.2 Å². The molecule has 2 heterocycles. The Labute approximate surface area is 216 Å². The predicted octanol–water partition coefficient (Wildman–Crippen LogP) is 4.87. The summed E-state index contributed by atoms with van der Waals surface area (Å²) in [7, 11) is 3.54. The Morgan fingerprint density at radius 3 is 2.72 bits per heavy atom. The maximum Gasteiger partial charge on any atom is 0.232 e. The molecule has 0 radical (unpaired) electrons. The van der Waals surface area contributed by atoms with Crippen molar-refractivity contribution in [2.24, 2.45) is 10.9 Å². The fourth-order valence-corrected chi connectivity index (χ4v) is 5.77. The molecule has 4 rings (SSSR count). The summed E-state index contributed by atoms with van der Waals surface area (Å²) in [4.78, 5) is 22.4. The maximum absolute atomic E-state index is 13.3. The summed E-state index contributed by atoms with van der Waals surface area (Å²) in [6.45, 7) is 12.8. The largest absolute Gasteiger partial charge is 0.495 e. The molecule has 1 aromatic rings. The summed E-state index contributed by atoms with van der Waals surface area (Å²) in [5, 5.41) is 6.80. The molecule has 2 atom stereocenters. The highest BCUT2D eigenvalue weighted by molar-refractivity contribution is 6.04. The fraction of sp³-hybridized carbons (Fsp3) is 0.517. The summed E-state index contributed by atoms with van der Waals surface area (Å²) in [6, 6.07) is 6.68. The zero-order valence-corrected chi connectivity index (χ0v) is 22.1. The van der Waals surface area contributed by atoms with Crippen molar-refractivity contribution < 1.29 is 9.53 Å². The number of methoxy groups -OCH3 is 1. The number of carbonyl (C=O) groups is 1. The van der Waals surface area contributed by atoms with Crippen molar-refractivity contribution in [2.75, 3.05) is 39.1 Å². The zero-order valence-electron chi connectivity index (χ0n) is 22.1. The van der Waals surface area contributed by atoms with Crippen molar-refractivity contribution in [1.82, 2.24) is 15.1 Å². The summed E-state index contributed by atoms with van der Waals surface area (Å²) in [5.74, 6) is 2.57. The van der Waals surface area contributed by atoms with Gasteiger partial charge in [-0.2, -0.15) is 0 Å². The highest BCUT2D eigenvalue weighted by Gasteiger charge is 2.37. The Balaban J connectivity index is 1.64. The number of hydrogen-bond acceptors (Lipinski definition) is 5. The van der Waals surface area contributed by atoms with E-state index in [1.807, 2.05) is 32.2 Å². The van der Waals surface area contributed by atoms with Gasteiger partial charge in [-0.25, -0.2) is 4.99 Å². The monoisotopic (exact) mass is 491 g/mol. The highest BCUT2D eigenvalue weighted by atomic mass is 16.5. The van der Waals surface area contributed by atoms with Gasteiger partial charge in [0.15, 0.2) is 5.84 Å². The number of hydrogen-bond donors (Lipinski definition) is 2. The molecular weight excluding hydrogens is 450 g/mol. The average molecular weight is 492 g/mol. The second kappa shape index (κ2) is 11.8. The molecular formula is C29H41N5O2. The van der Waals surface area contributed by atoms with Crippen LogP contribution in [0.4, 0.5) is 5.69 Å². The minimum atomic E-state index is -0.144. The van der Waals surface area contributed by atoms with Crippen molar-refractivity contribution in [2.45, 2.75) is 57.4 Å². The van der Waals surface area contributed by atoms with Crippen LogP contribution >= 0.6 is 0 Å². The fourth-order valence-electron chi connectivity index (χ4n) is 5.77. The average Bonchev–Trinajstić information content (AvgIpc) is 3.60. The van der Waals surface area contributed by atoms with Crippen LogP contribution in [0.1, 0.15) is 56.9 Å². The van der Waals surface area contributed by atoms with Crippen molar-refractivity contribution >= 4 is 17.4 Å². The third-order valence-corrected chi connectivity index (χ3v) is 7.73. The number of rotatable bonds is 8. The topological polar surface area (TPSA) is 69.2 Å². The highest BCUT2D eigenvalue weighted by Crippen LogP contribution is 2.33.